The first-order valence-electron chi connectivity index (χ1n) is 19.1. The van der Waals surface area contributed by atoms with Crippen LogP contribution in [0.2, 0.25) is 0 Å². The Hall–Kier alpha value is -2.44. The Labute approximate surface area is 316 Å². The van der Waals surface area contributed by atoms with Gasteiger partial charge in [0.25, 0.3) is 0 Å². The number of carbonyl (C=O) groups is 2. The van der Waals surface area contributed by atoms with Crippen LogP contribution in [0.4, 0.5) is 4.79 Å². The fourth-order valence-electron chi connectivity index (χ4n) is 4.34. The van der Waals surface area contributed by atoms with Crippen molar-refractivity contribution in [3.63, 3.8) is 0 Å². The molecule has 0 aliphatic rings. The van der Waals surface area contributed by atoms with Crippen molar-refractivity contribution in [3.8, 4) is 0 Å². The van der Waals surface area contributed by atoms with Crippen molar-refractivity contribution in [3.05, 3.63) is 35.9 Å². The fourth-order valence-corrected chi connectivity index (χ4v) is 4.34. The maximum absolute atomic E-state index is 12.0. The van der Waals surface area contributed by atoms with E-state index in [0.717, 1.165) is 31.2 Å². The van der Waals surface area contributed by atoms with Gasteiger partial charge in [-0.15, -0.1) is 0 Å². The Morgan fingerprint density at radius 1 is 0.509 bits per heavy atom. The highest BCUT2D eigenvalue weighted by Gasteiger charge is 2.17. The molecule has 308 valence electrons. The molecular weight excluding hydrogens is 694 g/mol. The second kappa shape index (κ2) is 39.3. The lowest BCUT2D eigenvalue weighted by Crippen LogP contribution is -2.28. The number of benzene rings is 1. The molecule has 0 spiro atoms. The number of hydrogen-bond donors (Lipinski definition) is 1. The van der Waals surface area contributed by atoms with Crippen LogP contribution in [0, 0.1) is 5.92 Å². The zero-order chi connectivity index (χ0) is 38.1. The van der Waals surface area contributed by atoms with Gasteiger partial charge in [-0.1, -0.05) is 57.0 Å². The SMILES string of the molecule is CCCCC(CC)C(=O)OCCOCCOCCOCCOCCOCCOCCOCCOCCOCCOCCNC(=O)OCc1ccccc1. The van der Waals surface area contributed by atoms with Crippen LogP contribution in [0.1, 0.15) is 45.1 Å². The summed E-state index contributed by atoms with van der Waals surface area (Å²) in [6.45, 7) is 14.2. The van der Waals surface area contributed by atoms with Crippen LogP contribution >= 0.6 is 0 Å². The molecule has 1 amide bonds. The van der Waals surface area contributed by atoms with E-state index in [-0.39, 0.29) is 25.1 Å². The van der Waals surface area contributed by atoms with Crippen LogP contribution in [0.15, 0.2) is 30.3 Å². The molecular formula is C38H67NO14. The van der Waals surface area contributed by atoms with Gasteiger partial charge in [0.2, 0.25) is 0 Å². The summed E-state index contributed by atoms with van der Waals surface area (Å²) >= 11 is 0. The van der Waals surface area contributed by atoms with Crippen LogP contribution in [-0.2, 0) is 68.2 Å². The zero-order valence-corrected chi connectivity index (χ0v) is 32.3. The molecule has 0 radical (unpaired) electrons. The molecule has 0 aliphatic heterocycles. The van der Waals surface area contributed by atoms with E-state index in [1.165, 1.54) is 0 Å². The normalized spacial score (nSPS) is 11.8. The summed E-state index contributed by atoms with van der Waals surface area (Å²) < 4.78 is 65.1. The van der Waals surface area contributed by atoms with E-state index >= 15 is 0 Å². The molecule has 53 heavy (non-hydrogen) atoms. The first-order chi connectivity index (χ1) is 26.2. The third-order valence-electron chi connectivity index (χ3n) is 7.28. The summed E-state index contributed by atoms with van der Waals surface area (Å²) in [7, 11) is 0. The third-order valence-corrected chi connectivity index (χ3v) is 7.28. The second-order valence-corrected chi connectivity index (χ2v) is 11.5. The molecule has 0 aliphatic carbocycles. The Morgan fingerprint density at radius 2 is 0.887 bits per heavy atom. The van der Waals surface area contributed by atoms with Crippen molar-refractivity contribution in [1.82, 2.24) is 5.32 Å². The average molecular weight is 762 g/mol. The first kappa shape index (κ1) is 48.6. The zero-order valence-electron chi connectivity index (χ0n) is 32.3. The molecule has 15 heteroatoms. The predicted octanol–water partition coefficient (Wildman–Crippen LogP) is 3.84. The molecule has 1 N–H and O–H groups in total. The van der Waals surface area contributed by atoms with Gasteiger partial charge in [0, 0.05) is 6.54 Å². The van der Waals surface area contributed by atoms with Crippen molar-refractivity contribution in [1.29, 1.82) is 0 Å². The van der Waals surface area contributed by atoms with Crippen LogP contribution in [-0.4, -0.2) is 157 Å². The summed E-state index contributed by atoms with van der Waals surface area (Å²) in [6, 6.07) is 9.50. The molecule has 1 aromatic carbocycles. The Bertz CT molecular complexity index is 929. The quantitative estimate of drug-likeness (QED) is 0.0760. The number of amides is 1. The smallest absolute Gasteiger partial charge is 0.407 e. The summed E-state index contributed by atoms with van der Waals surface area (Å²) in [5, 5.41) is 2.64. The van der Waals surface area contributed by atoms with E-state index in [1.807, 2.05) is 37.3 Å². The van der Waals surface area contributed by atoms with E-state index in [1.54, 1.807) is 0 Å². The molecule has 1 rings (SSSR count). The van der Waals surface area contributed by atoms with E-state index in [2.05, 4.69) is 12.2 Å². The van der Waals surface area contributed by atoms with Gasteiger partial charge in [-0.25, -0.2) is 4.79 Å². The molecule has 0 aromatic heterocycles. The maximum atomic E-state index is 12.0. The fraction of sp³-hybridized carbons (Fsp3) is 0.789. The van der Waals surface area contributed by atoms with Crippen LogP contribution in [0.25, 0.3) is 0 Å². The first-order valence-corrected chi connectivity index (χ1v) is 19.1. The number of carbonyl (C=O) groups excluding carboxylic acids is 2. The minimum atomic E-state index is -0.472. The van der Waals surface area contributed by atoms with Crippen molar-refractivity contribution in [2.45, 2.75) is 46.1 Å². The van der Waals surface area contributed by atoms with Crippen LogP contribution < -0.4 is 5.32 Å². The number of alkyl carbamates (subject to hydrolysis) is 1. The third kappa shape index (κ3) is 33.8. The Kier molecular flexibility index (Phi) is 36.0. The average Bonchev–Trinajstić information content (AvgIpc) is 3.17. The summed E-state index contributed by atoms with van der Waals surface area (Å²) in [6.07, 6.45) is 3.34. The Balaban J connectivity index is 1.66. The van der Waals surface area contributed by atoms with Gasteiger partial charge in [-0.05, 0) is 18.4 Å². The van der Waals surface area contributed by atoms with Crippen LogP contribution in [0.5, 0.6) is 0 Å². The van der Waals surface area contributed by atoms with Gasteiger partial charge in [0.1, 0.15) is 13.2 Å². The molecule has 1 atom stereocenters. The predicted molar refractivity (Wildman–Crippen MR) is 197 cm³/mol. The van der Waals surface area contributed by atoms with E-state index < -0.39 is 6.09 Å². The van der Waals surface area contributed by atoms with E-state index in [9.17, 15) is 9.59 Å². The number of esters is 1. The number of ether oxygens (including phenoxy) is 12. The van der Waals surface area contributed by atoms with Crippen LogP contribution in [0.3, 0.4) is 0 Å². The number of nitrogens with one attached hydrogen (secondary N) is 1. The van der Waals surface area contributed by atoms with Gasteiger partial charge in [-0.3, -0.25) is 4.79 Å². The van der Waals surface area contributed by atoms with Gasteiger partial charge >= 0.3 is 12.1 Å². The second-order valence-electron chi connectivity index (χ2n) is 11.5. The molecule has 0 saturated carbocycles. The number of hydrogen-bond acceptors (Lipinski definition) is 14. The molecule has 1 unspecified atom stereocenters. The van der Waals surface area contributed by atoms with Crippen molar-refractivity contribution < 1.29 is 66.4 Å². The van der Waals surface area contributed by atoms with Crippen molar-refractivity contribution in [2.75, 3.05) is 145 Å². The molecule has 0 bridgehead atoms. The molecule has 0 heterocycles. The summed E-state index contributed by atoms with van der Waals surface area (Å²) in [4.78, 5) is 23.7. The molecule has 15 nitrogen and oxygen atoms in total. The standard InChI is InChI=1S/C38H67NO14/c1-3-5-11-36(4-2)37(40)52-33-32-51-31-30-50-29-28-49-27-26-48-25-24-47-23-22-46-21-20-45-19-18-44-17-16-43-15-14-42-13-12-39-38(41)53-34-35-9-7-6-8-10-35/h6-10,36H,3-5,11-34H2,1-2H3,(H,39,41). The lowest BCUT2D eigenvalue weighted by atomic mass is 10.00. The lowest BCUT2D eigenvalue weighted by molar-refractivity contribution is -0.150. The molecule has 0 saturated heterocycles. The maximum Gasteiger partial charge on any atom is 0.407 e. The van der Waals surface area contributed by atoms with Crippen molar-refractivity contribution >= 4 is 12.1 Å². The highest BCUT2D eigenvalue weighted by Crippen LogP contribution is 2.14. The monoisotopic (exact) mass is 761 g/mol. The summed E-state index contributed by atoms with van der Waals surface area (Å²) in [5.74, 6) is -0.133. The highest BCUT2D eigenvalue weighted by molar-refractivity contribution is 5.72. The van der Waals surface area contributed by atoms with Gasteiger partial charge in [0.15, 0.2) is 0 Å². The topological polar surface area (TPSA) is 157 Å². The number of rotatable bonds is 40. The largest absolute Gasteiger partial charge is 0.463 e. The lowest BCUT2D eigenvalue weighted by Gasteiger charge is -2.13. The van der Waals surface area contributed by atoms with Gasteiger partial charge in [0.05, 0.1) is 138 Å². The van der Waals surface area contributed by atoms with E-state index in [4.69, 9.17) is 56.8 Å². The highest BCUT2D eigenvalue weighted by atomic mass is 16.6. The minimum Gasteiger partial charge on any atom is -0.463 e. The van der Waals surface area contributed by atoms with Gasteiger partial charge < -0.3 is 62.2 Å². The van der Waals surface area contributed by atoms with E-state index in [0.29, 0.717) is 139 Å². The summed E-state index contributed by atoms with van der Waals surface area (Å²) in [5.41, 5.74) is 0.935. The molecule has 0 fully saturated rings. The Morgan fingerprint density at radius 3 is 1.26 bits per heavy atom. The van der Waals surface area contributed by atoms with Gasteiger partial charge in [-0.2, -0.15) is 0 Å². The number of unbranched alkanes of at least 4 members (excludes halogenated alkanes) is 1. The van der Waals surface area contributed by atoms with Crippen molar-refractivity contribution in [2.24, 2.45) is 5.92 Å². The molecule has 1 aromatic rings. The minimum absolute atomic E-state index is 0.00879.